The molecule has 0 fully saturated rings. The number of carbonyl (C=O) groups is 1. The Morgan fingerprint density at radius 1 is 1.30 bits per heavy atom. The van der Waals surface area contributed by atoms with E-state index in [-0.39, 0.29) is 24.3 Å². The quantitative estimate of drug-likeness (QED) is 0.759. The lowest BCUT2D eigenvalue weighted by Gasteiger charge is -2.31. The maximum atomic E-state index is 12.7. The molecule has 4 rings (SSSR count). The molecular formula is C18H19N3O5S. The van der Waals surface area contributed by atoms with Gasteiger partial charge in [0.2, 0.25) is 0 Å². The number of sulfonamides is 1. The highest BCUT2D eigenvalue weighted by Gasteiger charge is 2.28. The van der Waals surface area contributed by atoms with Gasteiger partial charge in [0.15, 0.2) is 17.6 Å². The molecule has 1 aromatic rings. The summed E-state index contributed by atoms with van der Waals surface area (Å²) in [6, 6.07) is 7.43. The van der Waals surface area contributed by atoms with Gasteiger partial charge in [-0.1, -0.05) is 12.1 Å². The van der Waals surface area contributed by atoms with Crippen LogP contribution in [0.15, 0.2) is 52.6 Å². The highest BCUT2D eigenvalue weighted by molar-refractivity contribution is 7.90. The molecule has 0 saturated heterocycles. The third-order valence-electron chi connectivity index (χ3n) is 4.46. The van der Waals surface area contributed by atoms with Crippen LogP contribution in [-0.4, -0.2) is 68.6 Å². The molecule has 1 amide bonds. The predicted octanol–water partition coefficient (Wildman–Crippen LogP) is 0.782. The number of benzene rings is 1. The first-order valence-corrected chi connectivity index (χ1v) is 10.2. The summed E-state index contributed by atoms with van der Waals surface area (Å²) in [7, 11) is -1.71. The molecule has 1 aromatic carbocycles. The van der Waals surface area contributed by atoms with E-state index >= 15 is 0 Å². The molecule has 9 heteroatoms. The molecule has 3 heterocycles. The number of nitrogens with zero attached hydrogens (tertiary/aromatic N) is 3. The molecule has 0 radical (unpaired) electrons. The van der Waals surface area contributed by atoms with Gasteiger partial charge in [0.05, 0.1) is 17.9 Å². The summed E-state index contributed by atoms with van der Waals surface area (Å²) in [5.41, 5.74) is 0.466. The second-order valence-corrected chi connectivity index (χ2v) is 8.28. The maximum Gasteiger partial charge on any atom is 0.256 e. The molecule has 3 aliphatic rings. The van der Waals surface area contributed by atoms with E-state index in [1.165, 1.54) is 0 Å². The Kier molecular flexibility index (Phi) is 4.39. The molecule has 0 aliphatic carbocycles. The first-order valence-electron chi connectivity index (χ1n) is 8.54. The van der Waals surface area contributed by atoms with Crippen molar-refractivity contribution in [2.45, 2.75) is 6.10 Å². The van der Waals surface area contributed by atoms with Crippen molar-refractivity contribution in [2.24, 2.45) is 4.40 Å². The predicted molar refractivity (Wildman–Crippen MR) is 99.1 cm³/mol. The van der Waals surface area contributed by atoms with Crippen LogP contribution >= 0.6 is 0 Å². The second kappa shape index (κ2) is 6.73. The number of likely N-dealkylation sites (N-methyl/N-ethyl adjacent to an activating group) is 1. The van der Waals surface area contributed by atoms with Crippen LogP contribution in [0, 0.1) is 0 Å². The molecule has 0 saturated carbocycles. The number of fused-ring (bicyclic) bond motifs is 2. The average molecular weight is 389 g/mol. The molecule has 1 unspecified atom stereocenters. The zero-order valence-corrected chi connectivity index (χ0v) is 15.6. The maximum absolute atomic E-state index is 12.7. The van der Waals surface area contributed by atoms with E-state index in [1.54, 1.807) is 35.2 Å². The van der Waals surface area contributed by atoms with Crippen LogP contribution in [0.4, 0.5) is 0 Å². The minimum Gasteiger partial charge on any atom is -0.486 e. The van der Waals surface area contributed by atoms with Crippen LogP contribution in [-0.2, 0) is 14.8 Å². The van der Waals surface area contributed by atoms with E-state index in [1.807, 2.05) is 24.3 Å². The van der Waals surface area contributed by atoms with Gasteiger partial charge in [-0.2, -0.15) is 0 Å². The standard InChI is InChI=1S/C18H19N3O5S/c1-20(11-14-12-25-15-4-2-3-5-16(15)26-14)18(22)13-6-7-17-19-27(23,24)9-8-21(17)10-13/h2-7,10,14H,8-9,11-12H2,1H3. The summed E-state index contributed by atoms with van der Waals surface area (Å²) < 4.78 is 38.4. The van der Waals surface area contributed by atoms with Gasteiger partial charge in [-0.25, -0.2) is 8.42 Å². The molecule has 3 aliphatic heterocycles. The molecule has 8 nitrogen and oxygen atoms in total. The van der Waals surface area contributed by atoms with E-state index in [4.69, 9.17) is 9.47 Å². The number of hydrogen-bond donors (Lipinski definition) is 0. The molecule has 1 atom stereocenters. The third-order valence-corrected chi connectivity index (χ3v) is 5.63. The Morgan fingerprint density at radius 3 is 2.89 bits per heavy atom. The minimum atomic E-state index is -3.41. The van der Waals surface area contributed by atoms with Crippen LogP contribution < -0.4 is 9.47 Å². The van der Waals surface area contributed by atoms with Crippen molar-refractivity contribution in [1.82, 2.24) is 9.80 Å². The van der Waals surface area contributed by atoms with Crippen molar-refractivity contribution >= 4 is 21.8 Å². The highest BCUT2D eigenvalue weighted by Crippen LogP contribution is 2.31. The van der Waals surface area contributed by atoms with Gasteiger partial charge < -0.3 is 19.3 Å². The lowest BCUT2D eigenvalue weighted by Crippen LogP contribution is -2.43. The minimum absolute atomic E-state index is 0.0647. The molecule has 0 aromatic heterocycles. The zero-order valence-electron chi connectivity index (χ0n) is 14.7. The third kappa shape index (κ3) is 3.68. The van der Waals surface area contributed by atoms with Gasteiger partial charge in [0, 0.05) is 19.8 Å². The summed E-state index contributed by atoms with van der Waals surface area (Å²) in [4.78, 5) is 16.0. The fourth-order valence-electron chi connectivity index (χ4n) is 3.09. The van der Waals surface area contributed by atoms with Crippen LogP contribution in [0.2, 0.25) is 0 Å². The van der Waals surface area contributed by atoms with Crippen molar-refractivity contribution in [3.05, 3.63) is 48.2 Å². The number of ether oxygens (including phenoxy) is 2. The van der Waals surface area contributed by atoms with E-state index < -0.39 is 10.0 Å². The Bertz CT molecular complexity index is 967. The molecule has 0 spiro atoms. The SMILES string of the molecule is CN(CC1COc2ccccc2O1)C(=O)C1=CN2CCS(=O)(=O)N=C2C=C1. The number of rotatable bonds is 3. The molecule has 27 heavy (non-hydrogen) atoms. The van der Waals surface area contributed by atoms with Crippen molar-refractivity contribution in [3.63, 3.8) is 0 Å². The van der Waals surface area contributed by atoms with E-state index in [2.05, 4.69) is 4.40 Å². The Labute approximate surface area is 157 Å². The van der Waals surface area contributed by atoms with Crippen LogP contribution in [0.1, 0.15) is 0 Å². The first kappa shape index (κ1) is 17.6. The van der Waals surface area contributed by atoms with Gasteiger partial charge in [-0.15, -0.1) is 4.40 Å². The summed E-state index contributed by atoms with van der Waals surface area (Å²) in [6.45, 7) is 1.01. The monoisotopic (exact) mass is 389 g/mol. The number of carbonyl (C=O) groups excluding carboxylic acids is 1. The summed E-state index contributed by atoms with van der Waals surface area (Å²) in [5.74, 6) is 1.46. The number of amidine groups is 1. The van der Waals surface area contributed by atoms with Crippen molar-refractivity contribution in [2.75, 3.05) is 32.5 Å². The highest BCUT2D eigenvalue weighted by atomic mass is 32.2. The number of para-hydroxylation sites is 2. The molecule has 0 bridgehead atoms. The number of amides is 1. The first-order chi connectivity index (χ1) is 12.9. The van der Waals surface area contributed by atoms with Crippen molar-refractivity contribution in [1.29, 1.82) is 0 Å². The van der Waals surface area contributed by atoms with Gasteiger partial charge >= 0.3 is 0 Å². The van der Waals surface area contributed by atoms with Crippen LogP contribution in [0.3, 0.4) is 0 Å². The zero-order chi connectivity index (χ0) is 19.0. The van der Waals surface area contributed by atoms with E-state index in [0.29, 0.717) is 36.1 Å². The lowest BCUT2D eigenvalue weighted by molar-refractivity contribution is -0.127. The lowest BCUT2D eigenvalue weighted by atomic mass is 10.1. The molecule has 0 N–H and O–H groups in total. The average Bonchev–Trinajstić information content (AvgIpc) is 2.66. The summed E-state index contributed by atoms with van der Waals surface area (Å²) in [5, 5.41) is 0. The van der Waals surface area contributed by atoms with Crippen molar-refractivity contribution < 1.29 is 22.7 Å². The molecule has 142 valence electrons. The second-order valence-electron chi connectivity index (χ2n) is 6.53. The Hall–Kier alpha value is -2.81. The smallest absolute Gasteiger partial charge is 0.256 e. The Balaban J connectivity index is 1.42. The normalized spacial score (nSPS) is 22.4. The van der Waals surface area contributed by atoms with Gasteiger partial charge in [0.1, 0.15) is 12.4 Å². The van der Waals surface area contributed by atoms with Gasteiger partial charge in [-0.3, -0.25) is 4.79 Å². The van der Waals surface area contributed by atoms with E-state index in [0.717, 1.165) is 0 Å². The molecular weight excluding hydrogens is 370 g/mol. The van der Waals surface area contributed by atoms with Gasteiger partial charge in [0.25, 0.3) is 15.9 Å². The Morgan fingerprint density at radius 2 is 2.07 bits per heavy atom. The summed E-state index contributed by atoms with van der Waals surface area (Å²) >= 11 is 0. The van der Waals surface area contributed by atoms with Gasteiger partial charge in [-0.05, 0) is 24.3 Å². The summed E-state index contributed by atoms with van der Waals surface area (Å²) in [6.07, 6.45) is 4.51. The largest absolute Gasteiger partial charge is 0.486 e. The van der Waals surface area contributed by atoms with Crippen LogP contribution in [0.5, 0.6) is 11.5 Å². The van der Waals surface area contributed by atoms with E-state index in [9.17, 15) is 13.2 Å². The topological polar surface area (TPSA) is 88.5 Å². The van der Waals surface area contributed by atoms with Crippen LogP contribution in [0.25, 0.3) is 0 Å². The fraction of sp³-hybridized carbons (Fsp3) is 0.333. The van der Waals surface area contributed by atoms with Crippen molar-refractivity contribution in [3.8, 4) is 11.5 Å². The number of hydrogen-bond acceptors (Lipinski definition) is 6. The fourth-order valence-corrected chi connectivity index (χ4v) is 4.06.